The zero-order chi connectivity index (χ0) is 23.4. The van der Waals surface area contributed by atoms with Gasteiger partial charge in [0.15, 0.2) is 6.29 Å². The van der Waals surface area contributed by atoms with Crippen molar-refractivity contribution in [1.29, 1.82) is 0 Å². The van der Waals surface area contributed by atoms with Crippen LogP contribution in [0.3, 0.4) is 0 Å². The van der Waals surface area contributed by atoms with E-state index in [4.69, 9.17) is 19.9 Å². The molecular weight excluding hydrogens is 422 g/mol. The van der Waals surface area contributed by atoms with Crippen molar-refractivity contribution in [2.24, 2.45) is 5.73 Å². The minimum Gasteiger partial charge on any atom is -0.491 e. The third-order valence-corrected chi connectivity index (χ3v) is 6.39. The number of nitrogens with one attached hydrogen (secondary N) is 2. The van der Waals surface area contributed by atoms with E-state index in [0.29, 0.717) is 49.7 Å². The lowest BCUT2D eigenvalue weighted by molar-refractivity contribution is -0.186. The van der Waals surface area contributed by atoms with E-state index in [-0.39, 0.29) is 24.1 Å². The Hall–Kier alpha value is -2.94. The Morgan fingerprint density at radius 2 is 1.85 bits per heavy atom. The molecular formula is C25H31N3O5. The molecule has 0 bridgehead atoms. The molecule has 0 spiro atoms. The summed E-state index contributed by atoms with van der Waals surface area (Å²) in [5.74, 6) is -0.0152. The third kappa shape index (κ3) is 4.59. The summed E-state index contributed by atoms with van der Waals surface area (Å²) in [6.45, 7) is 3.76. The first-order valence-electron chi connectivity index (χ1n) is 11.3. The van der Waals surface area contributed by atoms with Crippen LogP contribution in [0.1, 0.15) is 51.6 Å². The number of amides is 2. The average Bonchev–Trinajstić information content (AvgIpc) is 3.24. The molecule has 0 unspecified atom stereocenters. The number of nitrogens with two attached hydrogens (primary N) is 1. The van der Waals surface area contributed by atoms with Gasteiger partial charge in [0, 0.05) is 31.1 Å². The summed E-state index contributed by atoms with van der Waals surface area (Å²) in [4.78, 5) is 25.7. The molecule has 4 rings (SSSR count). The van der Waals surface area contributed by atoms with Crippen LogP contribution in [0, 0.1) is 0 Å². The number of fused-ring (bicyclic) bond motifs is 1. The minimum atomic E-state index is -0.432. The van der Waals surface area contributed by atoms with Gasteiger partial charge in [-0.25, -0.2) is 0 Å². The standard InChI is InChI=1S/C25H31N3O5/c1-3-25(17-7-5-4-6-8-17)15-33-22-19(24(30)27-2)11-16(12-20(22)25)23(29)28-10-9-21-31-13-18(26)14-32-21/h4-8,11-12,18,21H,3,9-10,13-15,26H2,1-2H3,(H,27,30)(H,28,29)/t18?,21?,25-/m0/s1. The van der Waals surface area contributed by atoms with Crippen molar-refractivity contribution in [3.63, 3.8) is 0 Å². The van der Waals surface area contributed by atoms with Crippen LogP contribution in [-0.4, -0.2) is 57.6 Å². The molecule has 1 fully saturated rings. The van der Waals surface area contributed by atoms with Crippen LogP contribution in [0.2, 0.25) is 0 Å². The molecule has 0 radical (unpaired) electrons. The summed E-state index contributed by atoms with van der Waals surface area (Å²) < 4.78 is 17.1. The number of ether oxygens (including phenoxy) is 3. The second-order valence-electron chi connectivity index (χ2n) is 8.47. The van der Waals surface area contributed by atoms with Crippen molar-refractivity contribution in [2.45, 2.75) is 37.5 Å². The fraction of sp³-hybridized carbons (Fsp3) is 0.440. The highest BCUT2D eigenvalue weighted by molar-refractivity contribution is 6.02. The van der Waals surface area contributed by atoms with Crippen molar-refractivity contribution in [1.82, 2.24) is 10.6 Å². The van der Waals surface area contributed by atoms with Crippen LogP contribution in [0.4, 0.5) is 0 Å². The normalized spacial score (nSPS) is 24.0. The van der Waals surface area contributed by atoms with Crippen LogP contribution < -0.4 is 21.1 Å². The molecule has 0 aromatic heterocycles. The van der Waals surface area contributed by atoms with Crippen LogP contribution >= 0.6 is 0 Å². The smallest absolute Gasteiger partial charge is 0.254 e. The Morgan fingerprint density at radius 1 is 1.12 bits per heavy atom. The first kappa shape index (κ1) is 23.2. The summed E-state index contributed by atoms with van der Waals surface area (Å²) in [6.07, 6.45) is 0.893. The maximum atomic E-state index is 13.1. The predicted molar refractivity (Wildman–Crippen MR) is 123 cm³/mol. The molecule has 2 heterocycles. The van der Waals surface area contributed by atoms with Crippen molar-refractivity contribution < 1.29 is 23.8 Å². The SMILES string of the molecule is CC[C@@]1(c2ccccc2)COc2c(C(=O)NC)cc(C(=O)NCCC3OCC(N)CO3)cc21. The monoisotopic (exact) mass is 453 g/mol. The van der Waals surface area contributed by atoms with Crippen LogP contribution in [0.25, 0.3) is 0 Å². The lowest BCUT2D eigenvalue weighted by Crippen LogP contribution is -2.42. The molecule has 0 aliphatic carbocycles. The molecule has 176 valence electrons. The molecule has 2 aromatic carbocycles. The largest absolute Gasteiger partial charge is 0.491 e. The number of benzene rings is 2. The summed E-state index contributed by atoms with van der Waals surface area (Å²) in [6, 6.07) is 13.4. The van der Waals surface area contributed by atoms with Crippen LogP contribution in [0.5, 0.6) is 5.75 Å². The third-order valence-electron chi connectivity index (χ3n) is 6.39. The zero-order valence-electron chi connectivity index (χ0n) is 19.1. The number of carbonyl (C=O) groups excluding carboxylic acids is 2. The lowest BCUT2D eigenvalue weighted by atomic mass is 9.73. The fourth-order valence-electron chi connectivity index (χ4n) is 4.47. The van der Waals surface area contributed by atoms with Gasteiger partial charge in [-0.15, -0.1) is 0 Å². The highest BCUT2D eigenvalue weighted by atomic mass is 16.7. The molecule has 8 nitrogen and oxygen atoms in total. The van der Waals surface area contributed by atoms with E-state index in [0.717, 1.165) is 17.5 Å². The molecule has 2 aliphatic rings. The van der Waals surface area contributed by atoms with Crippen LogP contribution in [-0.2, 0) is 14.9 Å². The Balaban J connectivity index is 1.60. The van der Waals surface area contributed by atoms with Gasteiger partial charge >= 0.3 is 0 Å². The predicted octanol–water partition coefficient (Wildman–Crippen LogP) is 1.95. The van der Waals surface area contributed by atoms with Gasteiger partial charge in [-0.05, 0) is 24.1 Å². The van der Waals surface area contributed by atoms with Gasteiger partial charge < -0.3 is 30.6 Å². The van der Waals surface area contributed by atoms with E-state index >= 15 is 0 Å². The topological polar surface area (TPSA) is 112 Å². The van der Waals surface area contributed by atoms with E-state index < -0.39 is 5.41 Å². The highest BCUT2D eigenvalue weighted by Crippen LogP contribution is 2.47. The summed E-state index contributed by atoms with van der Waals surface area (Å²) in [7, 11) is 1.57. The lowest BCUT2D eigenvalue weighted by Gasteiger charge is -2.28. The molecule has 1 saturated heterocycles. The molecule has 8 heteroatoms. The summed E-state index contributed by atoms with van der Waals surface area (Å²) >= 11 is 0. The van der Waals surface area contributed by atoms with E-state index in [1.807, 2.05) is 24.3 Å². The average molecular weight is 454 g/mol. The van der Waals surface area contributed by atoms with E-state index in [1.54, 1.807) is 13.1 Å². The Kier molecular flexibility index (Phi) is 6.97. The van der Waals surface area contributed by atoms with Crippen molar-refractivity contribution >= 4 is 11.8 Å². The minimum absolute atomic E-state index is 0.115. The second-order valence-corrected chi connectivity index (χ2v) is 8.47. The van der Waals surface area contributed by atoms with E-state index in [1.165, 1.54) is 0 Å². The van der Waals surface area contributed by atoms with Gasteiger partial charge in [-0.2, -0.15) is 0 Å². The molecule has 4 N–H and O–H groups in total. The molecule has 2 aromatic rings. The number of hydrogen-bond donors (Lipinski definition) is 3. The van der Waals surface area contributed by atoms with Crippen molar-refractivity contribution in [3.8, 4) is 5.75 Å². The van der Waals surface area contributed by atoms with Crippen molar-refractivity contribution in [2.75, 3.05) is 33.4 Å². The highest BCUT2D eigenvalue weighted by Gasteiger charge is 2.43. The van der Waals surface area contributed by atoms with Gasteiger partial charge in [0.2, 0.25) is 0 Å². The van der Waals surface area contributed by atoms with Gasteiger partial charge in [0.25, 0.3) is 11.8 Å². The second kappa shape index (κ2) is 9.91. The molecule has 0 saturated carbocycles. The maximum absolute atomic E-state index is 13.1. The number of carbonyl (C=O) groups is 2. The first-order chi connectivity index (χ1) is 16.0. The first-order valence-corrected chi connectivity index (χ1v) is 11.3. The molecule has 2 aliphatic heterocycles. The Labute approximate surface area is 193 Å². The quantitative estimate of drug-likeness (QED) is 0.591. The van der Waals surface area contributed by atoms with E-state index in [2.05, 4.69) is 29.7 Å². The van der Waals surface area contributed by atoms with Crippen molar-refractivity contribution in [3.05, 3.63) is 64.7 Å². The van der Waals surface area contributed by atoms with Gasteiger partial charge in [-0.1, -0.05) is 37.3 Å². The van der Waals surface area contributed by atoms with Gasteiger partial charge in [0.1, 0.15) is 12.4 Å². The fourth-order valence-corrected chi connectivity index (χ4v) is 4.47. The van der Waals surface area contributed by atoms with Gasteiger partial charge in [0.05, 0.1) is 30.2 Å². The number of hydrogen-bond acceptors (Lipinski definition) is 6. The number of rotatable bonds is 7. The summed E-state index contributed by atoms with van der Waals surface area (Å²) in [5, 5.41) is 5.57. The van der Waals surface area contributed by atoms with Crippen LogP contribution in [0.15, 0.2) is 42.5 Å². The Bertz CT molecular complexity index is 1000. The van der Waals surface area contributed by atoms with Gasteiger partial charge in [-0.3, -0.25) is 9.59 Å². The maximum Gasteiger partial charge on any atom is 0.254 e. The Morgan fingerprint density at radius 3 is 2.52 bits per heavy atom. The zero-order valence-corrected chi connectivity index (χ0v) is 19.1. The molecule has 2 amide bonds. The molecule has 1 atom stereocenters. The molecule has 33 heavy (non-hydrogen) atoms. The van der Waals surface area contributed by atoms with E-state index in [9.17, 15) is 9.59 Å². The summed E-state index contributed by atoms with van der Waals surface area (Å²) in [5.41, 5.74) is 8.05.